The summed E-state index contributed by atoms with van der Waals surface area (Å²) in [6, 6.07) is 13.2. The highest BCUT2D eigenvalue weighted by Crippen LogP contribution is 2.17. The third kappa shape index (κ3) is 6.03. The number of halogens is 1. The van der Waals surface area contributed by atoms with Crippen LogP contribution >= 0.6 is 0 Å². The van der Waals surface area contributed by atoms with E-state index in [0.717, 1.165) is 17.4 Å². The highest BCUT2D eigenvalue weighted by atomic mass is 32.2. The number of benzene rings is 2. The molecule has 0 spiro atoms. The molecule has 0 saturated heterocycles. The average Bonchev–Trinajstić information content (AvgIpc) is 2.51. The maximum atomic E-state index is 12.8. The van der Waals surface area contributed by atoms with Crippen LogP contribution in [0.2, 0.25) is 0 Å². The Hall–Kier alpha value is -2.36. The van der Waals surface area contributed by atoms with Crippen LogP contribution in [-0.2, 0) is 10.0 Å². The zero-order chi connectivity index (χ0) is 17.6. The van der Waals surface area contributed by atoms with Gasteiger partial charge >= 0.3 is 0 Å². The molecule has 126 valence electrons. The second-order valence-corrected chi connectivity index (χ2v) is 7.16. The van der Waals surface area contributed by atoms with E-state index in [2.05, 4.69) is 21.9 Å². The monoisotopic (exact) mass is 346 g/mol. The molecule has 0 saturated carbocycles. The first kappa shape index (κ1) is 18.0. The van der Waals surface area contributed by atoms with Crippen LogP contribution in [0.25, 0.3) is 0 Å². The van der Waals surface area contributed by atoms with Gasteiger partial charge in [0.2, 0.25) is 10.0 Å². The fourth-order valence-electron chi connectivity index (χ4n) is 2.09. The predicted octanol–water partition coefficient (Wildman–Crippen LogP) is 2.90. The number of rotatable bonds is 5. The van der Waals surface area contributed by atoms with Gasteiger partial charge in [-0.1, -0.05) is 24.0 Å². The maximum absolute atomic E-state index is 12.8. The second kappa shape index (κ2) is 7.95. The van der Waals surface area contributed by atoms with Crippen LogP contribution in [0.3, 0.4) is 0 Å². The lowest BCUT2D eigenvalue weighted by Gasteiger charge is -2.13. The molecule has 0 bridgehead atoms. The normalized spacial score (nSPS) is 12.1. The van der Waals surface area contributed by atoms with Crippen molar-refractivity contribution in [1.29, 1.82) is 0 Å². The Morgan fingerprint density at radius 1 is 1.17 bits per heavy atom. The minimum Gasteiger partial charge on any atom is -0.300 e. The summed E-state index contributed by atoms with van der Waals surface area (Å²) < 4.78 is 37.8. The molecule has 0 aliphatic heterocycles. The number of hydrogen-bond acceptors (Lipinski definition) is 3. The lowest BCUT2D eigenvalue weighted by atomic mass is 10.1. The van der Waals surface area contributed by atoms with Crippen LogP contribution < -0.4 is 10.0 Å². The molecule has 0 heterocycles. The van der Waals surface area contributed by atoms with Crippen molar-refractivity contribution in [2.75, 3.05) is 17.5 Å². The van der Waals surface area contributed by atoms with Crippen LogP contribution in [0.5, 0.6) is 0 Å². The Bertz CT molecular complexity index is 853. The summed E-state index contributed by atoms with van der Waals surface area (Å²) in [5.74, 6) is 5.65. The van der Waals surface area contributed by atoms with Crippen LogP contribution in [-0.4, -0.2) is 21.2 Å². The summed E-state index contributed by atoms with van der Waals surface area (Å²) in [5, 5.41) is 3.25. The Morgan fingerprint density at radius 3 is 2.54 bits per heavy atom. The molecule has 2 aromatic carbocycles. The molecule has 2 aromatic rings. The number of anilines is 1. The van der Waals surface area contributed by atoms with Gasteiger partial charge in [-0.2, -0.15) is 0 Å². The maximum Gasteiger partial charge on any atom is 0.229 e. The minimum absolute atomic E-state index is 0.00817. The van der Waals surface area contributed by atoms with Gasteiger partial charge < -0.3 is 0 Å². The van der Waals surface area contributed by atoms with Gasteiger partial charge in [0.25, 0.3) is 0 Å². The van der Waals surface area contributed by atoms with E-state index in [1.165, 1.54) is 12.1 Å². The van der Waals surface area contributed by atoms with E-state index in [1.807, 2.05) is 13.0 Å². The average molecular weight is 346 g/mol. The first-order valence-corrected chi connectivity index (χ1v) is 9.28. The minimum atomic E-state index is -3.29. The molecule has 2 N–H and O–H groups in total. The zero-order valence-electron chi connectivity index (χ0n) is 13.5. The van der Waals surface area contributed by atoms with Gasteiger partial charge in [0.15, 0.2) is 0 Å². The Morgan fingerprint density at radius 2 is 1.88 bits per heavy atom. The fourth-order valence-corrected chi connectivity index (χ4v) is 2.64. The summed E-state index contributed by atoms with van der Waals surface area (Å²) in [6.07, 6.45) is 1.12. The Labute approximate surface area is 142 Å². The van der Waals surface area contributed by atoms with Crippen molar-refractivity contribution in [3.8, 4) is 11.8 Å². The van der Waals surface area contributed by atoms with Crippen LogP contribution in [0.1, 0.15) is 24.1 Å². The summed E-state index contributed by atoms with van der Waals surface area (Å²) >= 11 is 0. The third-order valence-corrected chi connectivity index (χ3v) is 3.87. The van der Waals surface area contributed by atoms with Crippen molar-refractivity contribution in [2.24, 2.45) is 0 Å². The van der Waals surface area contributed by atoms with Crippen molar-refractivity contribution in [3.05, 3.63) is 65.5 Å². The van der Waals surface area contributed by atoms with E-state index in [4.69, 9.17) is 0 Å². The van der Waals surface area contributed by atoms with Crippen LogP contribution in [0, 0.1) is 17.7 Å². The van der Waals surface area contributed by atoms with E-state index in [9.17, 15) is 12.8 Å². The first-order valence-electron chi connectivity index (χ1n) is 7.39. The van der Waals surface area contributed by atoms with Crippen molar-refractivity contribution in [3.63, 3.8) is 0 Å². The highest BCUT2D eigenvalue weighted by Gasteiger charge is 2.07. The van der Waals surface area contributed by atoms with Crippen molar-refractivity contribution in [1.82, 2.24) is 5.32 Å². The standard InChI is InChI=1S/C18H19FN2O2S/c1-14(16-6-3-7-18(13-16)21-24(2,22)23)20-12-4-5-15-8-10-17(19)11-9-15/h3,6-11,13-14,20-21H,12H2,1-2H3/t14-/m0/s1. The van der Waals surface area contributed by atoms with E-state index < -0.39 is 10.0 Å². The Balaban J connectivity index is 1.94. The predicted molar refractivity (Wildman–Crippen MR) is 94.6 cm³/mol. The van der Waals surface area contributed by atoms with Gasteiger partial charge in [-0.15, -0.1) is 0 Å². The molecule has 0 aromatic heterocycles. The molecule has 0 aliphatic rings. The number of nitrogens with one attached hydrogen (secondary N) is 2. The molecule has 0 unspecified atom stereocenters. The van der Waals surface area contributed by atoms with Gasteiger partial charge in [0.1, 0.15) is 5.82 Å². The zero-order valence-corrected chi connectivity index (χ0v) is 14.3. The number of sulfonamides is 1. The third-order valence-electron chi connectivity index (χ3n) is 3.26. The quantitative estimate of drug-likeness (QED) is 0.819. The molecule has 4 nitrogen and oxygen atoms in total. The Kier molecular flexibility index (Phi) is 5.96. The topological polar surface area (TPSA) is 58.2 Å². The first-order chi connectivity index (χ1) is 11.3. The SMILES string of the molecule is C[C@H](NCC#Cc1ccc(F)cc1)c1cccc(NS(C)(=O)=O)c1. The van der Waals surface area contributed by atoms with Crippen molar-refractivity contribution < 1.29 is 12.8 Å². The lowest BCUT2D eigenvalue weighted by Crippen LogP contribution is -2.19. The van der Waals surface area contributed by atoms with Crippen LogP contribution in [0.4, 0.5) is 10.1 Å². The molecular weight excluding hydrogens is 327 g/mol. The van der Waals surface area contributed by atoms with E-state index in [-0.39, 0.29) is 11.9 Å². The van der Waals surface area contributed by atoms with Crippen LogP contribution in [0.15, 0.2) is 48.5 Å². The van der Waals surface area contributed by atoms with Gasteiger partial charge in [-0.3, -0.25) is 10.0 Å². The molecule has 0 radical (unpaired) electrons. The summed E-state index contributed by atoms with van der Waals surface area (Å²) in [7, 11) is -3.29. The van der Waals surface area contributed by atoms with E-state index >= 15 is 0 Å². The van der Waals surface area contributed by atoms with Gasteiger partial charge in [-0.25, -0.2) is 12.8 Å². The highest BCUT2D eigenvalue weighted by molar-refractivity contribution is 7.92. The molecule has 0 aliphatic carbocycles. The lowest BCUT2D eigenvalue weighted by molar-refractivity contribution is 0.606. The largest absolute Gasteiger partial charge is 0.300 e. The fraction of sp³-hybridized carbons (Fsp3) is 0.222. The number of hydrogen-bond donors (Lipinski definition) is 2. The molecule has 0 fully saturated rings. The van der Waals surface area contributed by atoms with Crippen molar-refractivity contribution >= 4 is 15.7 Å². The van der Waals surface area contributed by atoms with Gasteiger partial charge in [0, 0.05) is 17.3 Å². The molecule has 0 amide bonds. The molecule has 1 atom stereocenters. The molecule has 6 heteroatoms. The van der Waals surface area contributed by atoms with E-state index in [0.29, 0.717) is 12.2 Å². The summed E-state index contributed by atoms with van der Waals surface area (Å²) in [5.41, 5.74) is 2.23. The molecular formula is C18H19FN2O2S. The second-order valence-electron chi connectivity index (χ2n) is 5.41. The van der Waals surface area contributed by atoms with E-state index in [1.54, 1.807) is 30.3 Å². The summed E-state index contributed by atoms with van der Waals surface area (Å²) in [6.45, 7) is 2.43. The van der Waals surface area contributed by atoms with Gasteiger partial charge in [-0.05, 0) is 48.9 Å². The van der Waals surface area contributed by atoms with Gasteiger partial charge in [0.05, 0.1) is 12.8 Å². The summed E-state index contributed by atoms with van der Waals surface area (Å²) in [4.78, 5) is 0. The molecule has 24 heavy (non-hydrogen) atoms. The smallest absolute Gasteiger partial charge is 0.229 e. The molecule has 2 rings (SSSR count). The van der Waals surface area contributed by atoms with Crippen molar-refractivity contribution in [2.45, 2.75) is 13.0 Å².